The molecule has 0 radical (unpaired) electrons. The number of nitrogens with two attached hydrogens (primary N) is 1. The zero-order valence-corrected chi connectivity index (χ0v) is 30.7. The summed E-state index contributed by atoms with van der Waals surface area (Å²) in [5.41, 5.74) is 18.5. The molecule has 0 saturated carbocycles. The SMILES string of the molecule is C=C/C(N)=C(C1=N/C(=C(/c2ccc(C=O)cc2)c2ccc(/C(=C3/C=CC([C](=[Ni])c4ccc(C=O)cc4)=N3)c3ccc(C=O)cc3)[nH]2)C=C1)\c1ccc(C=O)cc1. The first-order valence-electron chi connectivity index (χ1n) is 17.4. The Morgan fingerprint density at radius 3 is 1.30 bits per heavy atom. The quantitative estimate of drug-likeness (QED) is 0.0708. The van der Waals surface area contributed by atoms with E-state index in [0.717, 1.165) is 69.9 Å². The van der Waals surface area contributed by atoms with Crippen LogP contribution in [0, 0.1) is 0 Å². The Kier molecular flexibility index (Phi) is 10.9. The molecular weight excluding hydrogens is 743 g/mol. The molecule has 0 aliphatic carbocycles. The topological polar surface area (TPSA) is 135 Å². The van der Waals surface area contributed by atoms with Crippen LogP contribution in [-0.4, -0.2) is 46.0 Å². The first kappa shape index (κ1) is 37.1. The second-order valence-electron chi connectivity index (χ2n) is 12.7. The van der Waals surface area contributed by atoms with Gasteiger partial charge in [0.2, 0.25) is 0 Å². The predicted octanol–water partition coefficient (Wildman–Crippen LogP) is 8.13. The van der Waals surface area contributed by atoms with Gasteiger partial charge in [-0.05, 0) is 11.6 Å². The molecule has 0 amide bonds. The van der Waals surface area contributed by atoms with Crippen molar-refractivity contribution in [1.29, 1.82) is 0 Å². The molecule has 0 atom stereocenters. The van der Waals surface area contributed by atoms with Gasteiger partial charge in [0, 0.05) is 22.4 Å². The summed E-state index contributed by atoms with van der Waals surface area (Å²) in [6.07, 6.45) is 12.3. The van der Waals surface area contributed by atoms with Crippen LogP contribution in [0.4, 0.5) is 0 Å². The van der Waals surface area contributed by atoms with E-state index >= 15 is 0 Å². The molecule has 274 valence electrons. The molecule has 0 bridgehead atoms. The van der Waals surface area contributed by atoms with Crippen molar-refractivity contribution >= 4 is 57.8 Å². The summed E-state index contributed by atoms with van der Waals surface area (Å²) < 4.78 is 0.578. The average molecular weight is 775 g/mol. The van der Waals surface area contributed by atoms with Gasteiger partial charge >= 0.3 is 239 Å². The Bertz CT molecular complexity index is 2650. The summed E-state index contributed by atoms with van der Waals surface area (Å²) in [4.78, 5) is 59.4. The van der Waals surface area contributed by atoms with Gasteiger partial charge in [-0.15, -0.1) is 0 Å². The summed E-state index contributed by atoms with van der Waals surface area (Å²) >= 11 is 5.43. The Hall–Kier alpha value is -7.22. The van der Waals surface area contributed by atoms with Crippen LogP contribution in [-0.2, 0) is 15.0 Å². The van der Waals surface area contributed by atoms with Crippen molar-refractivity contribution in [2.75, 3.05) is 0 Å². The van der Waals surface area contributed by atoms with E-state index in [0.29, 0.717) is 60.8 Å². The number of rotatable bonds is 13. The third-order valence-corrected chi connectivity index (χ3v) is 9.82. The molecule has 8 nitrogen and oxygen atoms in total. The summed E-state index contributed by atoms with van der Waals surface area (Å²) in [5, 5.41) is 0. The number of carbonyl (C=O) groups is 4. The number of hydrogen-bond acceptors (Lipinski definition) is 7. The number of nitrogens with zero attached hydrogens (tertiary/aromatic N) is 2. The minimum atomic E-state index is 0.423. The zero-order chi connectivity index (χ0) is 39.2. The summed E-state index contributed by atoms with van der Waals surface area (Å²) in [7, 11) is 0. The average Bonchev–Trinajstić information content (AvgIpc) is 4.05. The number of hydrogen-bond donors (Lipinski definition) is 2. The molecule has 2 aliphatic rings. The molecule has 9 heteroatoms. The molecule has 3 N–H and O–H groups in total. The molecule has 0 spiro atoms. The molecule has 2 aliphatic heterocycles. The number of allylic oxidation sites excluding steroid dienone is 6. The van der Waals surface area contributed by atoms with Crippen LogP contribution < -0.4 is 5.73 Å². The van der Waals surface area contributed by atoms with Gasteiger partial charge in [-0.2, -0.15) is 0 Å². The van der Waals surface area contributed by atoms with Gasteiger partial charge in [0.15, 0.2) is 0 Å². The molecule has 1 aromatic heterocycles. The number of H-pyrrole nitrogens is 1. The summed E-state index contributed by atoms with van der Waals surface area (Å²) in [6, 6.07) is 32.6. The van der Waals surface area contributed by atoms with Crippen LogP contribution in [0.2, 0.25) is 0 Å². The summed E-state index contributed by atoms with van der Waals surface area (Å²) in [6.45, 7) is 3.88. The van der Waals surface area contributed by atoms with Gasteiger partial charge in [-0.1, -0.05) is 30.8 Å². The predicted molar refractivity (Wildman–Crippen MR) is 219 cm³/mol. The fourth-order valence-corrected chi connectivity index (χ4v) is 6.72. The monoisotopic (exact) mass is 774 g/mol. The van der Waals surface area contributed by atoms with Crippen molar-refractivity contribution in [2.24, 2.45) is 15.7 Å². The standard InChI is InChI=1S/C47H32N4O4.Ni/c1-2-39(48)45(35-13-7-32(27-53)8-14-35)40-21-22-43(50-40)47(37-17-11-34(29-55)12-18-37)44-24-23-42(51-44)46(36-15-9-33(28-54)10-16-36)41-20-19-38(49-41)25-30-3-5-31(26-52)6-4-30;/h2-24,26-29,51H,1,48H2;/b45-39-,46-41-,47-43-;. The molecule has 0 unspecified atom stereocenters. The van der Waals surface area contributed by atoms with Crippen LogP contribution in [0.1, 0.15) is 75.1 Å². The van der Waals surface area contributed by atoms with E-state index in [1.807, 2.05) is 85.0 Å². The molecule has 5 aromatic rings. The minimum absolute atomic E-state index is 0.423. The number of nitrogens with one attached hydrogen (secondary N) is 1. The molecule has 7 rings (SSSR count). The van der Waals surface area contributed by atoms with Gasteiger partial charge in [0.1, 0.15) is 12.6 Å². The Morgan fingerprint density at radius 2 is 0.893 bits per heavy atom. The smallest absolute Gasteiger partial charge is 0.298 e. The van der Waals surface area contributed by atoms with E-state index in [2.05, 4.69) is 11.6 Å². The molecule has 0 fully saturated rings. The van der Waals surface area contributed by atoms with Crippen molar-refractivity contribution < 1.29 is 34.2 Å². The second kappa shape index (κ2) is 16.4. The molecule has 3 heterocycles. The van der Waals surface area contributed by atoms with Crippen LogP contribution in [0.3, 0.4) is 0 Å². The third kappa shape index (κ3) is 7.57. The van der Waals surface area contributed by atoms with E-state index < -0.39 is 0 Å². The molecule has 4 aromatic carbocycles. The summed E-state index contributed by atoms with van der Waals surface area (Å²) in [5.74, 6) is 0. The normalized spacial score (nSPS) is 15.4. The maximum absolute atomic E-state index is 11.6. The van der Waals surface area contributed by atoms with Crippen LogP contribution in [0.15, 0.2) is 173 Å². The Morgan fingerprint density at radius 1 is 0.518 bits per heavy atom. The van der Waals surface area contributed by atoms with E-state index in [9.17, 15) is 19.2 Å². The van der Waals surface area contributed by atoms with E-state index in [1.54, 1.807) is 54.6 Å². The van der Waals surface area contributed by atoms with Crippen LogP contribution in [0.25, 0.3) is 16.7 Å². The number of aldehydes is 4. The second-order valence-corrected chi connectivity index (χ2v) is 13.2. The molecule has 0 saturated heterocycles. The third-order valence-electron chi connectivity index (χ3n) is 9.28. The number of benzene rings is 4. The van der Waals surface area contributed by atoms with Crippen molar-refractivity contribution in [3.05, 3.63) is 219 Å². The first-order valence-corrected chi connectivity index (χ1v) is 17.9. The van der Waals surface area contributed by atoms with Crippen LogP contribution >= 0.6 is 0 Å². The van der Waals surface area contributed by atoms with E-state index in [4.69, 9.17) is 30.8 Å². The maximum atomic E-state index is 11.6. The van der Waals surface area contributed by atoms with Crippen molar-refractivity contribution in [2.45, 2.75) is 0 Å². The number of aliphatic imine (C=N–C) groups is 2. The van der Waals surface area contributed by atoms with Gasteiger partial charge < -0.3 is 5.73 Å². The Balaban J connectivity index is 1.36. The fraction of sp³-hybridized carbons (Fsp3) is 0. The van der Waals surface area contributed by atoms with Gasteiger partial charge in [-0.3, -0.25) is 9.59 Å². The van der Waals surface area contributed by atoms with Gasteiger partial charge in [0.05, 0.1) is 0 Å². The Labute approximate surface area is 330 Å². The van der Waals surface area contributed by atoms with E-state index in [-0.39, 0.29) is 0 Å². The van der Waals surface area contributed by atoms with Crippen molar-refractivity contribution in [3.63, 3.8) is 0 Å². The number of aromatic amines is 1. The number of aromatic nitrogens is 1. The zero-order valence-electron chi connectivity index (χ0n) is 29.7. The molecular formula is C47H32N4NiO4. The van der Waals surface area contributed by atoms with Crippen LogP contribution in [0.5, 0.6) is 0 Å². The first-order chi connectivity index (χ1) is 27.3. The van der Waals surface area contributed by atoms with E-state index in [1.165, 1.54) is 0 Å². The van der Waals surface area contributed by atoms with Gasteiger partial charge in [-0.25, -0.2) is 0 Å². The minimum Gasteiger partial charge on any atom is -0.298 e. The van der Waals surface area contributed by atoms with Gasteiger partial charge in [0.25, 0.3) is 0 Å². The van der Waals surface area contributed by atoms with Crippen molar-refractivity contribution in [1.82, 2.24) is 4.98 Å². The molecule has 56 heavy (non-hydrogen) atoms. The number of carbonyl (C=O) groups excluding carboxylic acids is 4. The van der Waals surface area contributed by atoms with Crippen molar-refractivity contribution in [3.8, 4) is 0 Å². The fourth-order valence-electron chi connectivity index (χ4n) is 6.42.